The number of nitriles is 1. The number of amides is 1. The number of nitrogens with zero attached hydrogens (tertiary/aromatic N) is 3. The molecule has 0 unspecified atom stereocenters. The van der Waals surface area contributed by atoms with Crippen LogP contribution in [0, 0.1) is 18.3 Å². The summed E-state index contributed by atoms with van der Waals surface area (Å²) in [6.45, 7) is 2.20. The Morgan fingerprint density at radius 1 is 1.09 bits per heavy atom. The Kier molecular flexibility index (Phi) is 5.59. The highest BCUT2D eigenvalue weighted by Crippen LogP contribution is 2.35. The van der Waals surface area contributed by atoms with Gasteiger partial charge in [-0.1, -0.05) is 53.7 Å². The van der Waals surface area contributed by atoms with Gasteiger partial charge in [0.2, 0.25) is 6.79 Å². The van der Waals surface area contributed by atoms with Crippen LogP contribution in [0.1, 0.15) is 22.3 Å². The number of carbonyl (C=O) groups excluding carboxylic acids is 1. The summed E-state index contributed by atoms with van der Waals surface area (Å²) in [5.74, 6) is 1.66. The second-order valence-electron chi connectivity index (χ2n) is 7.57. The number of carbonyl (C=O) groups is 1. The highest BCUT2D eigenvalue weighted by molar-refractivity contribution is 8.13. The van der Waals surface area contributed by atoms with Gasteiger partial charge in [-0.15, -0.1) is 0 Å². The zero-order valence-corrected chi connectivity index (χ0v) is 18.6. The van der Waals surface area contributed by atoms with Crippen molar-refractivity contribution in [1.29, 1.82) is 5.26 Å². The first-order valence-electron chi connectivity index (χ1n) is 10.3. The van der Waals surface area contributed by atoms with Gasteiger partial charge in [0.15, 0.2) is 16.7 Å². The lowest BCUT2D eigenvalue weighted by Crippen LogP contribution is -2.30. The number of benzene rings is 3. The van der Waals surface area contributed by atoms with Crippen LogP contribution in [0.5, 0.6) is 11.5 Å². The SMILES string of the molecule is Cc1ccc(N2C(=O)C(=Cc3ccc4c(c3)OCO4)N=C2SCc2ccccc2C#N)cc1. The molecule has 0 saturated carbocycles. The van der Waals surface area contributed by atoms with Gasteiger partial charge in [0.1, 0.15) is 5.70 Å². The van der Waals surface area contributed by atoms with Crippen molar-refractivity contribution < 1.29 is 14.3 Å². The van der Waals surface area contributed by atoms with Crippen LogP contribution in [0.2, 0.25) is 0 Å². The van der Waals surface area contributed by atoms with Gasteiger partial charge in [0, 0.05) is 5.75 Å². The molecular weight excluding hydrogens is 434 g/mol. The number of anilines is 1. The Morgan fingerprint density at radius 3 is 2.70 bits per heavy atom. The fourth-order valence-electron chi connectivity index (χ4n) is 3.57. The Bertz CT molecular complexity index is 1340. The maximum absolute atomic E-state index is 13.4. The van der Waals surface area contributed by atoms with Crippen molar-refractivity contribution in [2.45, 2.75) is 12.7 Å². The highest BCUT2D eigenvalue weighted by Gasteiger charge is 2.32. The van der Waals surface area contributed by atoms with Crippen LogP contribution >= 0.6 is 11.8 Å². The number of aliphatic imine (C=N–C) groups is 1. The van der Waals surface area contributed by atoms with Crippen molar-refractivity contribution in [3.8, 4) is 17.6 Å². The average Bonchev–Trinajstić information content (AvgIpc) is 3.42. The smallest absolute Gasteiger partial charge is 0.283 e. The Labute approximate surface area is 195 Å². The second kappa shape index (κ2) is 8.85. The lowest BCUT2D eigenvalue weighted by Gasteiger charge is -2.18. The third-order valence-corrected chi connectivity index (χ3v) is 6.30. The minimum atomic E-state index is -0.201. The first-order valence-corrected chi connectivity index (χ1v) is 11.3. The van der Waals surface area contributed by atoms with E-state index in [-0.39, 0.29) is 12.7 Å². The van der Waals surface area contributed by atoms with Crippen LogP contribution in [-0.4, -0.2) is 17.9 Å². The maximum Gasteiger partial charge on any atom is 0.283 e. The van der Waals surface area contributed by atoms with Crippen LogP contribution in [0.15, 0.2) is 77.4 Å². The predicted molar refractivity (Wildman–Crippen MR) is 129 cm³/mol. The molecule has 7 heteroatoms. The Balaban J connectivity index is 1.48. The van der Waals surface area contributed by atoms with Gasteiger partial charge in [0.05, 0.1) is 17.3 Å². The number of thioether (sulfide) groups is 1. The summed E-state index contributed by atoms with van der Waals surface area (Å²) in [5, 5.41) is 9.97. The molecule has 5 rings (SSSR count). The number of fused-ring (bicyclic) bond motifs is 1. The lowest BCUT2D eigenvalue weighted by molar-refractivity contribution is -0.113. The number of amidine groups is 1. The molecule has 2 aliphatic heterocycles. The molecule has 3 aromatic carbocycles. The van der Waals surface area contributed by atoms with Crippen LogP contribution in [0.25, 0.3) is 6.08 Å². The number of rotatable bonds is 4. The van der Waals surface area contributed by atoms with Gasteiger partial charge in [-0.2, -0.15) is 5.26 Å². The first-order chi connectivity index (χ1) is 16.1. The molecule has 0 aliphatic carbocycles. The van der Waals surface area contributed by atoms with Crippen LogP contribution < -0.4 is 14.4 Å². The van der Waals surface area contributed by atoms with Gasteiger partial charge in [-0.05, 0) is 54.5 Å². The van der Waals surface area contributed by atoms with E-state index in [0.29, 0.717) is 33.7 Å². The molecule has 162 valence electrons. The minimum Gasteiger partial charge on any atom is -0.454 e. The molecule has 0 fully saturated rings. The van der Waals surface area contributed by atoms with Crippen LogP contribution in [0.4, 0.5) is 5.69 Å². The largest absolute Gasteiger partial charge is 0.454 e. The van der Waals surface area contributed by atoms with Gasteiger partial charge >= 0.3 is 0 Å². The van der Waals surface area contributed by atoms with Crippen LogP contribution in [-0.2, 0) is 10.5 Å². The molecule has 0 spiro atoms. The van der Waals surface area contributed by atoms with E-state index in [1.165, 1.54) is 11.8 Å². The summed E-state index contributed by atoms with van der Waals surface area (Å²) >= 11 is 1.43. The van der Waals surface area contributed by atoms with Gasteiger partial charge in [-0.3, -0.25) is 9.69 Å². The third kappa shape index (κ3) is 4.21. The summed E-state index contributed by atoms with van der Waals surface area (Å²) in [6, 6.07) is 23.0. The van der Waals surface area contributed by atoms with E-state index >= 15 is 0 Å². The van der Waals surface area contributed by atoms with E-state index in [0.717, 1.165) is 22.4 Å². The molecule has 0 N–H and O–H groups in total. The normalized spacial score (nSPS) is 15.6. The number of ether oxygens (including phenoxy) is 2. The minimum absolute atomic E-state index is 0.193. The highest BCUT2D eigenvalue weighted by atomic mass is 32.2. The maximum atomic E-state index is 13.4. The fourth-order valence-corrected chi connectivity index (χ4v) is 4.59. The molecule has 1 amide bonds. The van der Waals surface area contributed by atoms with Gasteiger partial charge in [-0.25, -0.2) is 4.99 Å². The van der Waals surface area contributed by atoms with Crippen molar-refractivity contribution in [1.82, 2.24) is 0 Å². The van der Waals surface area contributed by atoms with E-state index < -0.39 is 0 Å². The number of hydrogen-bond donors (Lipinski definition) is 0. The molecule has 2 heterocycles. The standard InChI is InChI=1S/C26H19N3O3S/c1-17-6-9-21(10-7-17)29-25(30)22(12-18-8-11-23-24(13-18)32-16-31-23)28-26(29)33-15-20-5-3-2-4-19(20)14-27/h2-13H,15-16H2,1H3. The summed E-state index contributed by atoms with van der Waals surface area (Å²) in [4.78, 5) is 19.7. The van der Waals surface area contributed by atoms with Crippen molar-refractivity contribution in [3.05, 3.63) is 94.7 Å². The van der Waals surface area contributed by atoms with Crippen molar-refractivity contribution >= 4 is 34.6 Å². The summed E-state index contributed by atoms with van der Waals surface area (Å²) in [5.41, 5.74) is 4.52. The van der Waals surface area contributed by atoms with Gasteiger partial charge in [0.25, 0.3) is 5.91 Å². The molecule has 0 atom stereocenters. The van der Waals surface area contributed by atoms with E-state index in [1.807, 2.05) is 67.6 Å². The van der Waals surface area contributed by atoms with Crippen molar-refractivity contribution in [2.75, 3.05) is 11.7 Å². The lowest BCUT2D eigenvalue weighted by atomic mass is 10.1. The number of hydrogen-bond acceptors (Lipinski definition) is 6. The molecule has 3 aromatic rings. The second-order valence-corrected chi connectivity index (χ2v) is 8.51. The molecule has 0 aromatic heterocycles. The molecule has 33 heavy (non-hydrogen) atoms. The average molecular weight is 454 g/mol. The summed E-state index contributed by atoms with van der Waals surface area (Å²) < 4.78 is 10.8. The van der Waals surface area contributed by atoms with E-state index in [4.69, 9.17) is 9.47 Å². The Morgan fingerprint density at radius 2 is 1.88 bits per heavy atom. The zero-order valence-electron chi connectivity index (χ0n) is 17.8. The summed E-state index contributed by atoms with van der Waals surface area (Å²) in [6.07, 6.45) is 1.75. The number of aryl methyl sites for hydroxylation is 1. The van der Waals surface area contributed by atoms with E-state index in [2.05, 4.69) is 11.1 Å². The fraction of sp³-hybridized carbons (Fsp3) is 0.115. The molecular formula is C26H19N3O3S. The molecule has 2 aliphatic rings. The molecule has 0 bridgehead atoms. The van der Waals surface area contributed by atoms with Crippen molar-refractivity contribution in [2.24, 2.45) is 4.99 Å². The van der Waals surface area contributed by atoms with E-state index in [1.54, 1.807) is 17.0 Å². The Hall–Kier alpha value is -4.02. The summed E-state index contributed by atoms with van der Waals surface area (Å²) in [7, 11) is 0. The topological polar surface area (TPSA) is 74.9 Å². The molecule has 6 nitrogen and oxygen atoms in total. The quantitative estimate of drug-likeness (QED) is 0.503. The van der Waals surface area contributed by atoms with Gasteiger partial charge < -0.3 is 9.47 Å². The van der Waals surface area contributed by atoms with E-state index in [9.17, 15) is 10.1 Å². The predicted octanol–water partition coefficient (Wildman–Crippen LogP) is 5.27. The molecule has 0 saturated heterocycles. The first kappa shape index (κ1) is 20.9. The molecule has 0 radical (unpaired) electrons. The van der Waals surface area contributed by atoms with Crippen molar-refractivity contribution in [3.63, 3.8) is 0 Å². The zero-order chi connectivity index (χ0) is 22.8. The third-order valence-electron chi connectivity index (χ3n) is 5.32. The monoisotopic (exact) mass is 453 g/mol. The van der Waals surface area contributed by atoms with Crippen LogP contribution in [0.3, 0.4) is 0 Å².